The van der Waals surface area contributed by atoms with E-state index < -0.39 is 5.60 Å². The molecule has 0 aromatic heterocycles. The molecule has 1 rings (SSSR count). The second kappa shape index (κ2) is 12.6. The van der Waals surface area contributed by atoms with Crippen LogP contribution in [0.4, 0.5) is 4.79 Å². The van der Waals surface area contributed by atoms with E-state index in [4.69, 9.17) is 4.74 Å². The molecule has 0 bridgehead atoms. The van der Waals surface area contributed by atoms with Crippen molar-refractivity contribution in [2.45, 2.75) is 59.6 Å². The zero-order chi connectivity index (χ0) is 22.7. The molecule has 0 saturated carbocycles. The van der Waals surface area contributed by atoms with Gasteiger partial charge in [0, 0.05) is 58.9 Å². The first-order chi connectivity index (χ1) is 14.1. The molecule has 0 aliphatic carbocycles. The number of ether oxygens (including phenoxy) is 1. The number of hydrogen-bond acceptors (Lipinski definition) is 5. The number of hydrogen-bond donors (Lipinski definition) is 2. The van der Waals surface area contributed by atoms with E-state index in [9.17, 15) is 9.59 Å². The van der Waals surface area contributed by atoms with Crippen molar-refractivity contribution < 1.29 is 14.3 Å². The summed E-state index contributed by atoms with van der Waals surface area (Å²) in [7, 11) is 1.77. The van der Waals surface area contributed by atoms with Gasteiger partial charge in [-0.2, -0.15) is 0 Å². The molecular formula is C21H42N6O3. The molecule has 0 radical (unpaired) electrons. The van der Waals surface area contributed by atoms with Crippen molar-refractivity contribution in [3.8, 4) is 0 Å². The van der Waals surface area contributed by atoms with E-state index in [-0.39, 0.29) is 18.0 Å². The third kappa shape index (κ3) is 10.1. The summed E-state index contributed by atoms with van der Waals surface area (Å²) < 4.78 is 5.50. The monoisotopic (exact) mass is 426 g/mol. The molecule has 1 fully saturated rings. The minimum absolute atomic E-state index is 0.0686. The SMILES string of the molecule is CCCN(CCNC(=NC)N1CCN(CC(=O)NC(C)C)CC1)C(=O)OC(C)(C)C. The molecule has 30 heavy (non-hydrogen) atoms. The molecule has 0 unspecified atom stereocenters. The molecule has 2 N–H and O–H groups in total. The first-order valence-electron chi connectivity index (χ1n) is 11.0. The van der Waals surface area contributed by atoms with Crippen LogP contribution in [0.1, 0.15) is 48.0 Å². The Morgan fingerprint density at radius 1 is 1.13 bits per heavy atom. The first kappa shape index (κ1) is 26.0. The van der Waals surface area contributed by atoms with E-state index in [1.165, 1.54) is 0 Å². The van der Waals surface area contributed by atoms with E-state index in [0.29, 0.717) is 26.2 Å². The fraction of sp³-hybridized carbons (Fsp3) is 0.857. The van der Waals surface area contributed by atoms with E-state index in [2.05, 4.69) is 25.4 Å². The molecule has 0 aromatic rings. The van der Waals surface area contributed by atoms with Crippen LogP contribution in [0.15, 0.2) is 4.99 Å². The van der Waals surface area contributed by atoms with Crippen LogP contribution >= 0.6 is 0 Å². The minimum Gasteiger partial charge on any atom is -0.444 e. The van der Waals surface area contributed by atoms with Crippen LogP contribution in [-0.4, -0.2) is 104 Å². The molecule has 9 nitrogen and oxygen atoms in total. The van der Waals surface area contributed by atoms with Gasteiger partial charge in [-0.15, -0.1) is 0 Å². The lowest BCUT2D eigenvalue weighted by atomic mass is 10.2. The highest BCUT2D eigenvalue weighted by molar-refractivity contribution is 5.80. The van der Waals surface area contributed by atoms with E-state index in [1.54, 1.807) is 11.9 Å². The summed E-state index contributed by atoms with van der Waals surface area (Å²) in [6.45, 7) is 17.1. The van der Waals surface area contributed by atoms with Gasteiger partial charge >= 0.3 is 6.09 Å². The maximum Gasteiger partial charge on any atom is 0.410 e. The second-order valence-corrected chi connectivity index (χ2v) is 8.93. The first-order valence-corrected chi connectivity index (χ1v) is 11.0. The molecule has 1 aliphatic heterocycles. The molecule has 0 aromatic carbocycles. The summed E-state index contributed by atoms with van der Waals surface area (Å²) in [6.07, 6.45) is 0.592. The van der Waals surface area contributed by atoms with Crippen molar-refractivity contribution >= 4 is 18.0 Å². The quantitative estimate of drug-likeness (QED) is 0.450. The number of nitrogens with one attached hydrogen (secondary N) is 2. The van der Waals surface area contributed by atoms with Gasteiger partial charge in [0.05, 0.1) is 6.54 Å². The highest BCUT2D eigenvalue weighted by Gasteiger charge is 2.23. The Kier molecular flexibility index (Phi) is 10.9. The van der Waals surface area contributed by atoms with Gasteiger partial charge in [-0.05, 0) is 41.0 Å². The molecule has 1 heterocycles. The summed E-state index contributed by atoms with van der Waals surface area (Å²) >= 11 is 0. The van der Waals surface area contributed by atoms with Gasteiger partial charge in [-0.25, -0.2) is 4.79 Å². The second-order valence-electron chi connectivity index (χ2n) is 8.93. The van der Waals surface area contributed by atoms with E-state index in [0.717, 1.165) is 38.6 Å². The predicted octanol–water partition coefficient (Wildman–Crippen LogP) is 1.35. The molecule has 1 aliphatic rings. The van der Waals surface area contributed by atoms with Crippen molar-refractivity contribution in [2.24, 2.45) is 4.99 Å². The third-order valence-electron chi connectivity index (χ3n) is 4.51. The number of guanidine groups is 1. The average Bonchev–Trinajstić information content (AvgIpc) is 2.63. The Hall–Kier alpha value is -2.03. The molecule has 0 atom stereocenters. The van der Waals surface area contributed by atoms with Crippen molar-refractivity contribution in [3.05, 3.63) is 0 Å². The Bertz CT molecular complexity index is 566. The van der Waals surface area contributed by atoms with Crippen LogP contribution in [0.3, 0.4) is 0 Å². The fourth-order valence-corrected chi connectivity index (χ4v) is 3.21. The molecule has 0 spiro atoms. The summed E-state index contributed by atoms with van der Waals surface area (Å²) in [4.78, 5) is 34.8. The lowest BCUT2D eigenvalue weighted by Gasteiger charge is -2.36. The van der Waals surface area contributed by atoms with Crippen molar-refractivity contribution in [1.29, 1.82) is 0 Å². The van der Waals surface area contributed by atoms with Crippen molar-refractivity contribution in [3.63, 3.8) is 0 Å². The zero-order valence-corrected chi connectivity index (χ0v) is 20.0. The molecule has 1 saturated heterocycles. The number of piperazine rings is 1. The Morgan fingerprint density at radius 3 is 2.27 bits per heavy atom. The normalized spacial score (nSPS) is 15.9. The van der Waals surface area contributed by atoms with Gasteiger partial charge in [0.25, 0.3) is 0 Å². The Labute approximate surface area is 182 Å². The van der Waals surface area contributed by atoms with Crippen molar-refractivity contribution in [1.82, 2.24) is 25.3 Å². The predicted molar refractivity (Wildman–Crippen MR) is 121 cm³/mol. The lowest BCUT2D eigenvalue weighted by molar-refractivity contribution is -0.123. The van der Waals surface area contributed by atoms with Gasteiger partial charge in [0.2, 0.25) is 5.91 Å². The molecule has 2 amide bonds. The molecular weight excluding hydrogens is 384 g/mol. The number of rotatable bonds is 8. The van der Waals surface area contributed by atoms with Crippen LogP contribution in [0, 0.1) is 0 Å². The summed E-state index contributed by atoms with van der Waals surface area (Å²) in [5.74, 6) is 0.890. The van der Waals surface area contributed by atoms with Gasteiger partial charge < -0.3 is 25.2 Å². The smallest absolute Gasteiger partial charge is 0.410 e. The topological polar surface area (TPSA) is 89.5 Å². The highest BCUT2D eigenvalue weighted by atomic mass is 16.6. The highest BCUT2D eigenvalue weighted by Crippen LogP contribution is 2.10. The number of carbonyl (C=O) groups is 2. The number of nitrogens with zero attached hydrogens (tertiary/aromatic N) is 4. The minimum atomic E-state index is -0.502. The molecule has 9 heteroatoms. The molecule has 174 valence electrons. The van der Waals surface area contributed by atoms with Gasteiger partial charge in [0.15, 0.2) is 5.96 Å². The maximum absolute atomic E-state index is 12.4. The van der Waals surface area contributed by atoms with Crippen molar-refractivity contribution in [2.75, 3.05) is 59.4 Å². The fourth-order valence-electron chi connectivity index (χ4n) is 3.21. The van der Waals surface area contributed by atoms with Crippen LogP contribution in [0.2, 0.25) is 0 Å². The lowest BCUT2D eigenvalue weighted by Crippen LogP contribution is -2.55. The van der Waals surface area contributed by atoms with Gasteiger partial charge in [-0.3, -0.25) is 14.7 Å². The summed E-state index contributed by atoms with van der Waals surface area (Å²) in [5, 5.41) is 6.29. The van der Waals surface area contributed by atoms with Crippen LogP contribution in [-0.2, 0) is 9.53 Å². The number of aliphatic imine (C=N–C) groups is 1. The van der Waals surface area contributed by atoms with Crippen LogP contribution in [0.25, 0.3) is 0 Å². The summed E-state index contributed by atoms with van der Waals surface area (Å²) in [6, 6.07) is 0.162. The van der Waals surface area contributed by atoms with E-state index in [1.807, 2.05) is 41.5 Å². The van der Waals surface area contributed by atoms with Crippen LogP contribution in [0.5, 0.6) is 0 Å². The van der Waals surface area contributed by atoms with Crippen LogP contribution < -0.4 is 10.6 Å². The largest absolute Gasteiger partial charge is 0.444 e. The summed E-state index contributed by atoms with van der Waals surface area (Å²) in [5.41, 5.74) is -0.502. The van der Waals surface area contributed by atoms with Gasteiger partial charge in [0.1, 0.15) is 5.60 Å². The average molecular weight is 427 g/mol. The maximum atomic E-state index is 12.4. The Morgan fingerprint density at radius 2 is 1.77 bits per heavy atom. The third-order valence-corrected chi connectivity index (χ3v) is 4.51. The zero-order valence-electron chi connectivity index (χ0n) is 20.0. The standard InChI is InChI=1S/C21H42N6O3/c1-8-10-27(20(29)30-21(4,5)6)11-9-23-19(22-7)26-14-12-25(13-15-26)16-18(28)24-17(2)3/h17H,8-16H2,1-7H3,(H,22,23)(H,24,28). The van der Waals surface area contributed by atoms with Gasteiger partial charge in [-0.1, -0.05) is 6.92 Å². The Balaban J connectivity index is 2.45. The number of carbonyl (C=O) groups excluding carboxylic acids is 2. The van der Waals surface area contributed by atoms with E-state index >= 15 is 0 Å². The number of amides is 2.